The molecule has 0 N–H and O–H groups in total. The molecule has 0 aromatic heterocycles. The van der Waals surface area contributed by atoms with Gasteiger partial charge in [-0.05, 0) is 52.9 Å². The molecule has 0 spiro atoms. The maximum Gasteiger partial charge on any atom is 0.185 e. The van der Waals surface area contributed by atoms with E-state index in [9.17, 15) is 14.4 Å². The molecule has 2 aromatic carbocycles. The van der Waals surface area contributed by atoms with Crippen molar-refractivity contribution in [2.75, 3.05) is 0 Å². The fourth-order valence-electron chi connectivity index (χ4n) is 1.88. The number of hydrogen-bond acceptors (Lipinski definition) is 2. The van der Waals surface area contributed by atoms with Crippen LogP contribution in [0.4, 0.5) is 4.39 Å². The van der Waals surface area contributed by atoms with Crippen molar-refractivity contribution < 1.29 is 9.18 Å². The van der Waals surface area contributed by atoms with Crippen LogP contribution in [0.25, 0.3) is 0 Å². The summed E-state index contributed by atoms with van der Waals surface area (Å²) < 4.78 is 15.3. The van der Waals surface area contributed by atoms with Crippen LogP contribution in [0.15, 0.2) is 40.9 Å². The highest BCUT2D eigenvalue weighted by Crippen LogP contribution is 2.32. The van der Waals surface area contributed by atoms with Crippen LogP contribution in [0, 0.1) is 20.7 Å². The standard InChI is InChI=1S/C15H7BrClFINO/c16-11-5-4-8(19)6-9(11)15(21)10(7-20)14-12(17)2-1-3-13(14)18/h1-6,10H. The van der Waals surface area contributed by atoms with Gasteiger partial charge < -0.3 is 0 Å². The van der Waals surface area contributed by atoms with Crippen LogP contribution in [-0.4, -0.2) is 5.78 Å². The lowest BCUT2D eigenvalue weighted by molar-refractivity contribution is 0.0976. The van der Waals surface area contributed by atoms with E-state index < -0.39 is 17.5 Å². The van der Waals surface area contributed by atoms with Crippen molar-refractivity contribution in [3.8, 4) is 6.07 Å². The first-order chi connectivity index (χ1) is 9.95. The molecular formula is C15H7BrClFINO. The number of benzene rings is 2. The third-order valence-electron chi connectivity index (χ3n) is 2.87. The quantitative estimate of drug-likeness (QED) is 0.442. The van der Waals surface area contributed by atoms with Gasteiger partial charge in [-0.15, -0.1) is 0 Å². The Morgan fingerprint density at radius 2 is 2.10 bits per heavy atom. The minimum Gasteiger partial charge on any atom is -0.292 e. The van der Waals surface area contributed by atoms with E-state index in [1.807, 2.05) is 12.1 Å². The zero-order valence-electron chi connectivity index (χ0n) is 10.4. The van der Waals surface area contributed by atoms with E-state index in [-0.39, 0.29) is 10.6 Å². The zero-order chi connectivity index (χ0) is 15.6. The third-order valence-corrected chi connectivity index (χ3v) is 4.57. The van der Waals surface area contributed by atoms with Gasteiger partial charge in [0.05, 0.1) is 6.07 Å². The van der Waals surface area contributed by atoms with Gasteiger partial charge in [-0.1, -0.05) is 33.6 Å². The van der Waals surface area contributed by atoms with Crippen LogP contribution in [0.1, 0.15) is 21.8 Å². The monoisotopic (exact) mass is 477 g/mol. The van der Waals surface area contributed by atoms with E-state index in [0.29, 0.717) is 10.0 Å². The summed E-state index contributed by atoms with van der Waals surface area (Å²) in [4.78, 5) is 12.6. The summed E-state index contributed by atoms with van der Waals surface area (Å²) in [5.74, 6) is -2.44. The van der Waals surface area contributed by atoms with Crippen molar-refractivity contribution >= 4 is 55.9 Å². The van der Waals surface area contributed by atoms with Gasteiger partial charge in [-0.25, -0.2) is 4.39 Å². The second-order valence-corrected chi connectivity index (χ2v) is 6.69. The Hall–Kier alpha value is -0.970. The summed E-state index contributed by atoms with van der Waals surface area (Å²) in [6, 6.07) is 11.1. The van der Waals surface area contributed by atoms with E-state index in [2.05, 4.69) is 38.5 Å². The number of hydrogen-bond donors (Lipinski definition) is 0. The van der Waals surface area contributed by atoms with E-state index in [1.165, 1.54) is 18.2 Å². The van der Waals surface area contributed by atoms with Crippen molar-refractivity contribution in [1.29, 1.82) is 5.26 Å². The fourth-order valence-corrected chi connectivity index (χ4v) is 3.09. The summed E-state index contributed by atoms with van der Waals surface area (Å²) in [5, 5.41) is 9.37. The zero-order valence-corrected chi connectivity index (χ0v) is 14.9. The second kappa shape index (κ2) is 6.86. The van der Waals surface area contributed by atoms with Gasteiger partial charge >= 0.3 is 0 Å². The number of halogens is 4. The average Bonchev–Trinajstić information content (AvgIpc) is 2.45. The molecule has 0 amide bonds. The average molecular weight is 478 g/mol. The van der Waals surface area contributed by atoms with Gasteiger partial charge in [0.15, 0.2) is 5.78 Å². The Labute approximate surface area is 148 Å². The Balaban J connectivity index is 2.55. The van der Waals surface area contributed by atoms with E-state index in [4.69, 9.17) is 11.6 Å². The van der Waals surface area contributed by atoms with Crippen molar-refractivity contribution in [3.63, 3.8) is 0 Å². The molecule has 0 radical (unpaired) electrons. The second-order valence-electron chi connectivity index (χ2n) is 4.19. The Morgan fingerprint density at radius 1 is 1.38 bits per heavy atom. The Bertz CT molecular complexity index is 740. The molecule has 0 heterocycles. The van der Waals surface area contributed by atoms with Gasteiger partial charge in [0.1, 0.15) is 11.7 Å². The molecule has 21 heavy (non-hydrogen) atoms. The van der Waals surface area contributed by atoms with E-state index in [0.717, 1.165) is 3.57 Å². The van der Waals surface area contributed by atoms with Crippen LogP contribution in [0.3, 0.4) is 0 Å². The molecule has 0 aliphatic carbocycles. The van der Waals surface area contributed by atoms with Crippen molar-refractivity contribution in [3.05, 3.63) is 66.4 Å². The Morgan fingerprint density at radius 3 is 2.71 bits per heavy atom. The number of nitrogens with zero attached hydrogens (tertiary/aromatic N) is 1. The molecule has 1 unspecified atom stereocenters. The lowest BCUT2D eigenvalue weighted by Gasteiger charge is -2.13. The van der Waals surface area contributed by atoms with Crippen molar-refractivity contribution in [2.45, 2.75) is 5.92 Å². The molecule has 0 aliphatic heterocycles. The topological polar surface area (TPSA) is 40.9 Å². The van der Waals surface area contributed by atoms with Crippen molar-refractivity contribution in [2.24, 2.45) is 0 Å². The molecule has 0 saturated carbocycles. The minimum absolute atomic E-state index is 0.0663. The highest BCUT2D eigenvalue weighted by molar-refractivity contribution is 14.1. The molecular weight excluding hydrogens is 471 g/mol. The highest BCUT2D eigenvalue weighted by Gasteiger charge is 2.28. The normalized spacial score (nSPS) is 11.8. The summed E-state index contributed by atoms with van der Waals surface area (Å²) in [7, 11) is 0. The molecule has 1 atom stereocenters. The van der Waals surface area contributed by atoms with Crippen LogP contribution in [0.2, 0.25) is 5.02 Å². The van der Waals surface area contributed by atoms with Crippen LogP contribution in [0.5, 0.6) is 0 Å². The summed E-state index contributed by atoms with van der Waals surface area (Å²) in [5.41, 5.74) is 0.241. The number of rotatable bonds is 3. The van der Waals surface area contributed by atoms with Gasteiger partial charge in [-0.2, -0.15) is 5.26 Å². The minimum atomic E-state index is -1.28. The molecule has 2 rings (SSSR count). The Kier molecular flexibility index (Phi) is 5.36. The maximum absolute atomic E-state index is 13.9. The molecule has 2 nitrogen and oxygen atoms in total. The third kappa shape index (κ3) is 3.44. The van der Waals surface area contributed by atoms with Crippen LogP contribution >= 0.6 is 50.1 Å². The molecule has 0 fully saturated rings. The molecule has 2 aromatic rings. The number of nitriles is 1. The van der Waals surface area contributed by atoms with E-state index in [1.54, 1.807) is 12.1 Å². The molecule has 0 bridgehead atoms. The van der Waals surface area contributed by atoms with Gasteiger partial charge in [0.25, 0.3) is 0 Å². The van der Waals surface area contributed by atoms with E-state index >= 15 is 0 Å². The largest absolute Gasteiger partial charge is 0.292 e. The van der Waals surface area contributed by atoms with Crippen LogP contribution in [-0.2, 0) is 0 Å². The number of ketones is 1. The van der Waals surface area contributed by atoms with Gasteiger partial charge in [0.2, 0.25) is 0 Å². The lowest BCUT2D eigenvalue weighted by atomic mass is 9.91. The van der Waals surface area contributed by atoms with Crippen LogP contribution < -0.4 is 0 Å². The first-order valence-electron chi connectivity index (χ1n) is 5.78. The first kappa shape index (κ1) is 16.4. The predicted octanol–water partition coefficient (Wildman–Crippen LogP) is 5.34. The molecule has 0 saturated heterocycles. The van der Waals surface area contributed by atoms with Gasteiger partial charge in [0, 0.05) is 24.2 Å². The van der Waals surface area contributed by atoms with Crippen molar-refractivity contribution in [1.82, 2.24) is 0 Å². The highest BCUT2D eigenvalue weighted by atomic mass is 127. The smallest absolute Gasteiger partial charge is 0.185 e. The molecule has 106 valence electrons. The first-order valence-corrected chi connectivity index (χ1v) is 8.03. The lowest BCUT2D eigenvalue weighted by Crippen LogP contribution is -2.14. The summed E-state index contributed by atoms with van der Waals surface area (Å²) in [6.07, 6.45) is 0. The number of carbonyl (C=O) groups excluding carboxylic acids is 1. The SMILES string of the molecule is N#CC(C(=O)c1cc(I)ccc1Br)c1c(F)cccc1Cl. The fraction of sp³-hybridized carbons (Fsp3) is 0.0667. The summed E-state index contributed by atoms with van der Waals surface area (Å²) >= 11 is 11.3. The number of Topliss-reactive ketones (excluding diaryl/α,β-unsaturated/α-hetero) is 1. The maximum atomic E-state index is 13.9. The predicted molar refractivity (Wildman–Crippen MR) is 91.0 cm³/mol. The molecule has 0 aliphatic rings. The number of carbonyl (C=O) groups is 1. The molecule has 6 heteroatoms. The summed E-state index contributed by atoms with van der Waals surface area (Å²) in [6.45, 7) is 0. The van der Waals surface area contributed by atoms with Gasteiger partial charge in [-0.3, -0.25) is 4.79 Å².